The highest BCUT2D eigenvalue weighted by molar-refractivity contribution is 9.10. The second-order valence-electron chi connectivity index (χ2n) is 7.80. The third-order valence-electron chi connectivity index (χ3n) is 4.44. The van der Waals surface area contributed by atoms with Crippen LogP contribution in [0, 0.1) is 6.92 Å². The fourth-order valence-electron chi connectivity index (χ4n) is 3.16. The Morgan fingerprint density at radius 1 is 1.33 bits per heavy atom. The van der Waals surface area contributed by atoms with E-state index in [0.29, 0.717) is 35.4 Å². The number of fused-ring (bicyclic) bond motifs is 1. The Balaban J connectivity index is 1.89. The van der Waals surface area contributed by atoms with Gasteiger partial charge in [-0.1, -0.05) is 0 Å². The zero-order valence-corrected chi connectivity index (χ0v) is 17.8. The molecule has 3 heterocycles. The smallest absolute Gasteiger partial charge is 0.410 e. The maximum Gasteiger partial charge on any atom is 0.410 e. The van der Waals surface area contributed by atoms with Crippen molar-refractivity contribution in [2.75, 3.05) is 24.5 Å². The fraction of sp³-hybridized carbons (Fsp3) is 0.556. The van der Waals surface area contributed by atoms with Gasteiger partial charge in [0.2, 0.25) is 0 Å². The van der Waals surface area contributed by atoms with Crippen LogP contribution in [0.5, 0.6) is 0 Å². The van der Waals surface area contributed by atoms with Crippen molar-refractivity contribution in [2.45, 2.75) is 46.3 Å². The minimum absolute atomic E-state index is 0.0176. The normalized spacial score (nSPS) is 18.1. The lowest BCUT2D eigenvalue weighted by Crippen LogP contribution is -2.55. The van der Waals surface area contributed by atoms with Crippen molar-refractivity contribution in [3.05, 3.63) is 32.8 Å². The average Bonchev–Trinajstić information content (AvgIpc) is 2.58. The lowest BCUT2D eigenvalue weighted by molar-refractivity contribution is 0.0218. The molecule has 27 heavy (non-hydrogen) atoms. The number of pyridine rings is 1. The number of hydrogen-bond acceptors (Lipinski definition) is 6. The Bertz CT molecular complexity index is 937. The molecule has 0 aliphatic carbocycles. The predicted molar refractivity (Wildman–Crippen MR) is 106 cm³/mol. The van der Waals surface area contributed by atoms with Gasteiger partial charge in [-0.3, -0.25) is 4.79 Å². The number of aromatic nitrogens is 3. The number of carbonyl (C=O) groups excluding carboxylic acids is 1. The Labute approximate surface area is 166 Å². The number of aryl methyl sites for hydroxylation is 1. The summed E-state index contributed by atoms with van der Waals surface area (Å²) in [4.78, 5) is 33.1. The highest BCUT2D eigenvalue weighted by Gasteiger charge is 2.31. The van der Waals surface area contributed by atoms with Gasteiger partial charge < -0.3 is 14.5 Å². The third-order valence-corrected chi connectivity index (χ3v) is 5.40. The van der Waals surface area contributed by atoms with Crippen LogP contribution < -0.4 is 10.5 Å². The van der Waals surface area contributed by atoms with Gasteiger partial charge in [0.1, 0.15) is 17.4 Å². The SMILES string of the molecule is Cc1cc2c(N3CCN(C(=O)OC(C)(C)C)C[C@@H]3C)ncnn2c(=O)c1Br. The Hall–Kier alpha value is -2.16. The van der Waals surface area contributed by atoms with E-state index in [0.717, 1.165) is 5.56 Å². The van der Waals surface area contributed by atoms with Gasteiger partial charge in [0.25, 0.3) is 5.56 Å². The van der Waals surface area contributed by atoms with Gasteiger partial charge in [-0.15, -0.1) is 0 Å². The molecule has 1 amide bonds. The van der Waals surface area contributed by atoms with Crippen LogP contribution >= 0.6 is 15.9 Å². The Kier molecular flexibility index (Phi) is 5.16. The van der Waals surface area contributed by atoms with E-state index in [9.17, 15) is 9.59 Å². The molecule has 1 saturated heterocycles. The van der Waals surface area contributed by atoms with E-state index in [1.165, 1.54) is 10.8 Å². The molecule has 0 unspecified atom stereocenters. The Morgan fingerprint density at radius 2 is 2.04 bits per heavy atom. The van der Waals surface area contributed by atoms with Crippen LogP contribution in [0.1, 0.15) is 33.3 Å². The van der Waals surface area contributed by atoms with Crippen LogP contribution in [0.15, 0.2) is 21.7 Å². The van der Waals surface area contributed by atoms with E-state index in [-0.39, 0.29) is 17.7 Å². The van der Waals surface area contributed by atoms with Crippen LogP contribution in [0.3, 0.4) is 0 Å². The number of piperazine rings is 1. The molecule has 1 fully saturated rings. The first-order chi connectivity index (χ1) is 12.6. The maximum absolute atomic E-state index is 12.5. The van der Waals surface area contributed by atoms with E-state index in [1.54, 1.807) is 4.90 Å². The molecule has 8 nitrogen and oxygen atoms in total. The topological polar surface area (TPSA) is 80.0 Å². The summed E-state index contributed by atoms with van der Waals surface area (Å²) in [5, 5.41) is 4.10. The van der Waals surface area contributed by atoms with E-state index in [4.69, 9.17) is 4.74 Å². The van der Waals surface area contributed by atoms with Crippen molar-refractivity contribution in [3.63, 3.8) is 0 Å². The summed E-state index contributed by atoms with van der Waals surface area (Å²) >= 11 is 3.31. The first-order valence-electron chi connectivity index (χ1n) is 8.86. The summed E-state index contributed by atoms with van der Waals surface area (Å²) in [6, 6.07) is 1.91. The molecule has 146 valence electrons. The second kappa shape index (κ2) is 7.10. The fourth-order valence-corrected chi connectivity index (χ4v) is 3.44. The van der Waals surface area contributed by atoms with Crippen molar-refractivity contribution in [1.82, 2.24) is 19.5 Å². The summed E-state index contributed by atoms with van der Waals surface area (Å²) in [6.07, 6.45) is 1.08. The molecule has 1 aliphatic rings. The summed E-state index contributed by atoms with van der Waals surface area (Å²) in [7, 11) is 0. The number of amides is 1. The molecular weight excluding hydrogens is 414 g/mol. The van der Waals surface area contributed by atoms with Gasteiger partial charge >= 0.3 is 6.09 Å². The quantitative estimate of drug-likeness (QED) is 0.681. The molecule has 1 atom stereocenters. The van der Waals surface area contributed by atoms with Gasteiger partial charge in [-0.05, 0) is 62.2 Å². The summed E-state index contributed by atoms with van der Waals surface area (Å²) in [6.45, 7) is 11.1. The van der Waals surface area contributed by atoms with Gasteiger partial charge in [-0.2, -0.15) is 9.61 Å². The van der Waals surface area contributed by atoms with Crippen molar-refractivity contribution in [1.29, 1.82) is 0 Å². The highest BCUT2D eigenvalue weighted by Crippen LogP contribution is 2.25. The first-order valence-corrected chi connectivity index (χ1v) is 9.65. The van der Waals surface area contributed by atoms with Crippen LogP contribution in [0.4, 0.5) is 10.6 Å². The number of ether oxygens (including phenoxy) is 1. The average molecular weight is 438 g/mol. The molecule has 2 aromatic heterocycles. The van der Waals surface area contributed by atoms with Crippen molar-refractivity contribution >= 4 is 33.4 Å². The molecule has 1 aliphatic heterocycles. The molecule has 3 rings (SSSR count). The number of nitrogens with zero attached hydrogens (tertiary/aromatic N) is 5. The Morgan fingerprint density at radius 3 is 2.67 bits per heavy atom. The van der Waals surface area contributed by atoms with E-state index < -0.39 is 5.60 Å². The summed E-state index contributed by atoms with van der Waals surface area (Å²) < 4.78 is 7.32. The molecule has 0 N–H and O–H groups in total. The molecular formula is C18H24BrN5O3. The number of anilines is 1. The van der Waals surface area contributed by atoms with Gasteiger partial charge in [0.15, 0.2) is 5.82 Å². The van der Waals surface area contributed by atoms with Crippen molar-refractivity contribution in [3.8, 4) is 0 Å². The molecule has 9 heteroatoms. The maximum atomic E-state index is 12.5. The molecule has 0 bridgehead atoms. The van der Waals surface area contributed by atoms with E-state index in [1.807, 2.05) is 40.7 Å². The standard InChI is InChI=1S/C18H24BrN5O3/c1-11-8-13-15(20-10-21-24(13)16(25)14(11)19)23-7-6-22(9-12(23)2)17(26)27-18(3,4)5/h8,10,12H,6-7,9H2,1-5H3/t12-/m0/s1. The minimum Gasteiger partial charge on any atom is -0.444 e. The van der Waals surface area contributed by atoms with Crippen molar-refractivity contribution in [2.24, 2.45) is 0 Å². The van der Waals surface area contributed by atoms with Crippen LogP contribution in [0.25, 0.3) is 5.52 Å². The zero-order chi connectivity index (χ0) is 19.9. The molecule has 0 saturated carbocycles. The third kappa shape index (κ3) is 3.92. The van der Waals surface area contributed by atoms with Crippen molar-refractivity contribution < 1.29 is 9.53 Å². The second-order valence-corrected chi connectivity index (χ2v) is 8.59. The molecule has 0 aromatic carbocycles. The highest BCUT2D eigenvalue weighted by atomic mass is 79.9. The minimum atomic E-state index is -0.521. The lowest BCUT2D eigenvalue weighted by Gasteiger charge is -2.40. The van der Waals surface area contributed by atoms with Crippen LogP contribution in [-0.4, -0.2) is 56.9 Å². The number of rotatable bonds is 1. The van der Waals surface area contributed by atoms with E-state index in [2.05, 4.69) is 30.9 Å². The first kappa shape index (κ1) is 19.6. The molecule has 0 spiro atoms. The van der Waals surface area contributed by atoms with Gasteiger partial charge in [0.05, 0.1) is 4.47 Å². The van der Waals surface area contributed by atoms with Gasteiger partial charge in [0, 0.05) is 25.7 Å². The largest absolute Gasteiger partial charge is 0.444 e. The number of halogens is 1. The number of carbonyl (C=O) groups is 1. The lowest BCUT2D eigenvalue weighted by atomic mass is 10.1. The van der Waals surface area contributed by atoms with Crippen LogP contribution in [0.2, 0.25) is 0 Å². The van der Waals surface area contributed by atoms with E-state index >= 15 is 0 Å². The summed E-state index contributed by atoms with van der Waals surface area (Å²) in [5.74, 6) is 0.689. The summed E-state index contributed by atoms with van der Waals surface area (Å²) in [5.41, 5.74) is 0.748. The molecule has 0 radical (unpaired) electrons. The number of hydrogen-bond donors (Lipinski definition) is 0. The van der Waals surface area contributed by atoms with Crippen LogP contribution in [-0.2, 0) is 4.74 Å². The molecule has 2 aromatic rings. The predicted octanol–water partition coefficient (Wildman–Crippen LogP) is 2.61. The van der Waals surface area contributed by atoms with Gasteiger partial charge in [-0.25, -0.2) is 9.78 Å². The monoisotopic (exact) mass is 437 g/mol. The zero-order valence-electron chi connectivity index (χ0n) is 16.2.